The van der Waals surface area contributed by atoms with Crippen LogP contribution in [-0.4, -0.2) is 19.9 Å². The Morgan fingerprint density at radius 1 is 1.16 bits per heavy atom. The number of imidazole rings is 1. The van der Waals surface area contributed by atoms with E-state index >= 15 is 0 Å². The molecule has 0 aliphatic heterocycles. The molecule has 0 radical (unpaired) electrons. The number of aromatic nitrogens is 4. The molecule has 0 fully saturated rings. The maximum atomic E-state index is 13.9. The Bertz CT molecular complexity index is 751. The summed E-state index contributed by atoms with van der Waals surface area (Å²) in [7, 11) is 0. The lowest BCUT2D eigenvalue weighted by atomic mass is 10.1. The van der Waals surface area contributed by atoms with E-state index < -0.39 is 0 Å². The van der Waals surface area contributed by atoms with Gasteiger partial charge in [-0.1, -0.05) is 0 Å². The third-order valence-electron chi connectivity index (χ3n) is 2.89. The van der Waals surface area contributed by atoms with Crippen molar-refractivity contribution in [1.29, 1.82) is 0 Å². The van der Waals surface area contributed by atoms with Gasteiger partial charge in [-0.15, -0.1) is 0 Å². The predicted molar refractivity (Wildman–Crippen MR) is 69.7 cm³/mol. The van der Waals surface area contributed by atoms with Crippen molar-refractivity contribution in [1.82, 2.24) is 19.9 Å². The topological polar surface area (TPSA) is 106 Å². The van der Waals surface area contributed by atoms with Crippen molar-refractivity contribution in [2.45, 2.75) is 6.42 Å². The van der Waals surface area contributed by atoms with Gasteiger partial charge in [-0.3, -0.25) is 0 Å². The summed E-state index contributed by atoms with van der Waals surface area (Å²) in [6, 6.07) is 3.09. The van der Waals surface area contributed by atoms with Crippen LogP contribution in [0.4, 0.5) is 16.2 Å². The monoisotopic (exact) mass is 258 g/mol. The van der Waals surface area contributed by atoms with Crippen molar-refractivity contribution >= 4 is 22.8 Å². The maximum Gasteiger partial charge on any atom is 0.221 e. The van der Waals surface area contributed by atoms with Crippen LogP contribution in [0.3, 0.4) is 0 Å². The lowest BCUT2D eigenvalue weighted by Gasteiger charge is -2.06. The number of nitrogens with two attached hydrogens (primary N) is 2. The van der Waals surface area contributed by atoms with Gasteiger partial charge >= 0.3 is 0 Å². The Labute approximate surface area is 107 Å². The number of nitrogens with zero attached hydrogens (tertiary/aromatic N) is 3. The van der Waals surface area contributed by atoms with Gasteiger partial charge < -0.3 is 16.5 Å². The molecule has 0 aliphatic carbocycles. The first-order chi connectivity index (χ1) is 9.13. The predicted octanol–water partition coefficient (Wildman–Crippen LogP) is 1.25. The van der Waals surface area contributed by atoms with Crippen LogP contribution in [0.5, 0.6) is 0 Å². The molecule has 0 atom stereocenters. The molecule has 2 aromatic heterocycles. The molecule has 0 amide bonds. The number of nitrogen functional groups attached to an aromatic ring is 2. The zero-order chi connectivity index (χ0) is 13.4. The Balaban J connectivity index is 2.02. The average molecular weight is 258 g/mol. The summed E-state index contributed by atoms with van der Waals surface area (Å²) in [5, 5.41) is 0. The fourth-order valence-corrected chi connectivity index (χ4v) is 1.91. The molecule has 0 saturated carbocycles. The fourth-order valence-electron chi connectivity index (χ4n) is 1.91. The summed E-state index contributed by atoms with van der Waals surface area (Å²) >= 11 is 0. The number of hydrogen-bond acceptors (Lipinski definition) is 5. The van der Waals surface area contributed by atoms with E-state index in [0.717, 1.165) is 5.52 Å². The molecule has 0 aliphatic rings. The van der Waals surface area contributed by atoms with Crippen LogP contribution in [0.2, 0.25) is 0 Å². The Hall–Kier alpha value is -2.70. The number of anilines is 2. The van der Waals surface area contributed by atoms with Gasteiger partial charge in [0.05, 0.1) is 17.4 Å². The summed E-state index contributed by atoms with van der Waals surface area (Å²) in [4.78, 5) is 14.6. The van der Waals surface area contributed by atoms with Gasteiger partial charge in [0, 0.05) is 24.2 Å². The molecule has 2 heterocycles. The molecule has 0 saturated heterocycles. The molecule has 7 heteroatoms. The maximum absolute atomic E-state index is 13.9. The summed E-state index contributed by atoms with van der Waals surface area (Å²) in [6.45, 7) is 0. The highest BCUT2D eigenvalue weighted by Gasteiger charge is 2.10. The van der Waals surface area contributed by atoms with E-state index in [-0.39, 0.29) is 17.6 Å². The summed E-state index contributed by atoms with van der Waals surface area (Å²) in [5.41, 5.74) is 13.6. The highest BCUT2D eigenvalue weighted by molar-refractivity contribution is 5.75. The third-order valence-corrected chi connectivity index (χ3v) is 2.89. The Morgan fingerprint density at radius 2 is 2.00 bits per heavy atom. The first kappa shape index (κ1) is 11.4. The molecule has 3 rings (SSSR count). The first-order valence-corrected chi connectivity index (χ1v) is 5.62. The minimum absolute atomic E-state index is 0.103. The molecular formula is C12H11FN6. The number of nitrogens with one attached hydrogen (secondary N) is 1. The normalized spacial score (nSPS) is 11.0. The van der Waals surface area contributed by atoms with Crippen LogP contribution in [0.25, 0.3) is 11.0 Å². The van der Waals surface area contributed by atoms with E-state index in [1.165, 1.54) is 18.6 Å². The number of fused-ring (bicyclic) bond motifs is 1. The summed E-state index contributed by atoms with van der Waals surface area (Å²) < 4.78 is 13.9. The molecule has 3 aromatic rings. The number of aromatic amines is 1. The van der Waals surface area contributed by atoms with Crippen LogP contribution < -0.4 is 11.5 Å². The van der Waals surface area contributed by atoms with Crippen LogP contribution in [0.1, 0.15) is 11.1 Å². The second kappa shape index (κ2) is 4.20. The molecule has 5 N–H and O–H groups in total. The van der Waals surface area contributed by atoms with Crippen LogP contribution in [0.15, 0.2) is 24.7 Å². The van der Waals surface area contributed by atoms with Crippen LogP contribution in [0, 0.1) is 5.82 Å². The highest BCUT2D eigenvalue weighted by Crippen LogP contribution is 2.21. The molecule has 96 valence electrons. The molecule has 6 nitrogen and oxygen atoms in total. The van der Waals surface area contributed by atoms with Gasteiger partial charge in [-0.25, -0.2) is 14.4 Å². The Morgan fingerprint density at radius 3 is 2.79 bits per heavy atom. The fraction of sp³-hybridized carbons (Fsp3) is 0.0833. The number of H-pyrrole nitrogens is 1. The third kappa shape index (κ3) is 2.05. The lowest BCUT2D eigenvalue weighted by Crippen LogP contribution is -2.04. The van der Waals surface area contributed by atoms with Crippen molar-refractivity contribution < 1.29 is 4.39 Å². The number of rotatable bonds is 2. The van der Waals surface area contributed by atoms with Gasteiger partial charge in [-0.05, 0) is 11.6 Å². The van der Waals surface area contributed by atoms with Gasteiger partial charge in [0.1, 0.15) is 11.6 Å². The zero-order valence-corrected chi connectivity index (χ0v) is 9.89. The van der Waals surface area contributed by atoms with Gasteiger partial charge in [0.2, 0.25) is 5.95 Å². The minimum atomic E-state index is -0.337. The second-order valence-electron chi connectivity index (χ2n) is 4.18. The van der Waals surface area contributed by atoms with Crippen LogP contribution in [-0.2, 0) is 6.42 Å². The van der Waals surface area contributed by atoms with Crippen molar-refractivity contribution in [3.8, 4) is 0 Å². The van der Waals surface area contributed by atoms with E-state index in [4.69, 9.17) is 11.5 Å². The van der Waals surface area contributed by atoms with Gasteiger partial charge in [0.15, 0.2) is 0 Å². The first-order valence-electron chi connectivity index (χ1n) is 5.62. The Kier molecular flexibility index (Phi) is 2.52. The van der Waals surface area contributed by atoms with Crippen molar-refractivity contribution in [3.63, 3.8) is 0 Å². The average Bonchev–Trinajstić information content (AvgIpc) is 2.80. The molecule has 0 unspecified atom stereocenters. The van der Waals surface area contributed by atoms with E-state index in [0.29, 0.717) is 23.1 Å². The van der Waals surface area contributed by atoms with Crippen molar-refractivity contribution in [2.75, 3.05) is 11.5 Å². The van der Waals surface area contributed by atoms with E-state index in [1.807, 2.05) is 0 Å². The van der Waals surface area contributed by atoms with Crippen LogP contribution >= 0.6 is 0 Å². The molecular weight excluding hydrogens is 247 g/mol. The minimum Gasteiger partial charge on any atom is -0.383 e. The summed E-state index contributed by atoms with van der Waals surface area (Å²) in [5.74, 6) is 0.0261. The number of halogens is 1. The smallest absolute Gasteiger partial charge is 0.221 e. The highest BCUT2D eigenvalue weighted by atomic mass is 19.1. The molecule has 19 heavy (non-hydrogen) atoms. The van der Waals surface area contributed by atoms with E-state index in [2.05, 4.69) is 19.9 Å². The molecule has 0 spiro atoms. The largest absolute Gasteiger partial charge is 0.383 e. The standard InChI is InChI=1S/C12H11FN6/c13-8-3-10-9(17-5-18-10)2-6(8)1-7-4-16-12(15)19-11(7)14/h2-5H,1H2,(H,17,18)(H4,14,15,16,19). The van der Waals surface area contributed by atoms with E-state index in [9.17, 15) is 4.39 Å². The zero-order valence-electron chi connectivity index (χ0n) is 9.89. The van der Waals surface area contributed by atoms with Gasteiger partial charge in [-0.2, -0.15) is 4.98 Å². The quantitative estimate of drug-likeness (QED) is 0.641. The summed E-state index contributed by atoms with van der Waals surface area (Å²) in [6.07, 6.45) is 3.33. The molecule has 0 bridgehead atoms. The second-order valence-corrected chi connectivity index (χ2v) is 4.18. The number of benzene rings is 1. The SMILES string of the molecule is Nc1ncc(Cc2cc3[nH]cnc3cc2F)c(N)n1. The molecule has 1 aromatic carbocycles. The van der Waals surface area contributed by atoms with Crippen molar-refractivity contribution in [2.24, 2.45) is 0 Å². The lowest BCUT2D eigenvalue weighted by molar-refractivity contribution is 0.615. The number of hydrogen-bond donors (Lipinski definition) is 3. The van der Waals surface area contributed by atoms with Gasteiger partial charge in [0.25, 0.3) is 0 Å². The van der Waals surface area contributed by atoms with E-state index in [1.54, 1.807) is 6.07 Å². The van der Waals surface area contributed by atoms with Crippen molar-refractivity contribution in [3.05, 3.63) is 41.6 Å².